The van der Waals surface area contributed by atoms with Gasteiger partial charge < -0.3 is 5.11 Å². The molecule has 29 heavy (non-hydrogen) atoms. The Balaban J connectivity index is 2.05. The Labute approximate surface area is 177 Å². The zero-order valence-electron chi connectivity index (χ0n) is 15.4. The predicted molar refractivity (Wildman–Crippen MR) is 116 cm³/mol. The van der Waals surface area contributed by atoms with Gasteiger partial charge in [0.05, 0.1) is 22.5 Å². The summed E-state index contributed by atoms with van der Waals surface area (Å²) in [5.41, 5.74) is 2.16. The number of phenolic OH excluding ortho intramolecular Hbond substituents is 1. The van der Waals surface area contributed by atoms with Gasteiger partial charge in [0, 0.05) is 16.3 Å². The lowest BCUT2D eigenvalue weighted by Gasteiger charge is -2.27. The van der Waals surface area contributed by atoms with Crippen LogP contribution in [-0.2, 0) is 6.54 Å². The monoisotopic (exact) mass is 429 g/mol. The van der Waals surface area contributed by atoms with Crippen molar-refractivity contribution in [2.24, 2.45) is 5.29 Å². The average Bonchev–Trinajstić information content (AvgIpc) is 2.71. The van der Waals surface area contributed by atoms with Gasteiger partial charge in [-0.05, 0) is 43.3 Å². The molecule has 0 spiro atoms. The van der Waals surface area contributed by atoms with E-state index in [4.69, 9.17) is 23.2 Å². The summed E-state index contributed by atoms with van der Waals surface area (Å²) in [5.74, 6) is -0.189. The Bertz CT molecular complexity index is 1030. The standard InChI is InChI=1S/C21H17Cl2N3O3/c1-14-7-9-17(10-8-14)25(13-15-11-16(22)12-19(23)20(15)27)21(28)26(24-29)18-5-3-2-4-6-18/h2-12,27H,13H2,1H3. The lowest BCUT2D eigenvalue weighted by molar-refractivity contribution is 0.251. The fourth-order valence-electron chi connectivity index (χ4n) is 2.78. The van der Waals surface area contributed by atoms with Crippen LogP contribution in [0.15, 0.2) is 72.0 Å². The van der Waals surface area contributed by atoms with Crippen LogP contribution in [0.3, 0.4) is 0 Å². The number of carbonyl (C=O) groups excluding carboxylic acids is 1. The molecule has 148 valence electrons. The second kappa shape index (κ2) is 8.94. The van der Waals surface area contributed by atoms with Crippen LogP contribution >= 0.6 is 23.2 Å². The molecule has 3 aromatic carbocycles. The van der Waals surface area contributed by atoms with E-state index in [2.05, 4.69) is 5.29 Å². The number of amides is 2. The number of para-hydroxylation sites is 1. The molecule has 8 heteroatoms. The third kappa shape index (κ3) is 4.67. The third-order valence-electron chi connectivity index (χ3n) is 4.28. The summed E-state index contributed by atoms with van der Waals surface area (Å²) in [7, 11) is 0. The molecule has 0 bridgehead atoms. The van der Waals surface area contributed by atoms with Gasteiger partial charge in [0.25, 0.3) is 0 Å². The van der Waals surface area contributed by atoms with E-state index < -0.39 is 6.03 Å². The zero-order valence-corrected chi connectivity index (χ0v) is 16.9. The fourth-order valence-corrected chi connectivity index (χ4v) is 3.32. The summed E-state index contributed by atoms with van der Waals surface area (Å²) in [6.07, 6.45) is 0. The molecule has 3 aromatic rings. The number of hydrogen-bond acceptors (Lipinski definition) is 4. The molecule has 0 aliphatic rings. The molecule has 0 saturated heterocycles. The highest BCUT2D eigenvalue weighted by atomic mass is 35.5. The lowest BCUT2D eigenvalue weighted by atomic mass is 10.1. The number of aryl methyl sites for hydroxylation is 1. The van der Waals surface area contributed by atoms with Gasteiger partial charge in [-0.3, -0.25) is 4.90 Å². The molecule has 0 heterocycles. The number of urea groups is 1. The molecular formula is C21H17Cl2N3O3. The van der Waals surface area contributed by atoms with Gasteiger partial charge in [0.2, 0.25) is 0 Å². The van der Waals surface area contributed by atoms with E-state index >= 15 is 0 Å². The van der Waals surface area contributed by atoms with Gasteiger partial charge in [-0.25, -0.2) is 4.79 Å². The van der Waals surface area contributed by atoms with Crippen LogP contribution < -0.4 is 9.91 Å². The van der Waals surface area contributed by atoms with E-state index in [9.17, 15) is 14.8 Å². The SMILES string of the molecule is Cc1ccc(N(Cc2cc(Cl)cc(Cl)c2O)C(=O)N(N=O)c2ccccc2)cc1. The smallest absolute Gasteiger partial charge is 0.352 e. The van der Waals surface area contributed by atoms with Crippen molar-refractivity contribution in [2.75, 3.05) is 9.91 Å². The highest BCUT2D eigenvalue weighted by Crippen LogP contribution is 2.33. The first-order chi connectivity index (χ1) is 13.9. The Morgan fingerprint density at radius 1 is 1.00 bits per heavy atom. The highest BCUT2D eigenvalue weighted by molar-refractivity contribution is 6.35. The molecule has 0 aliphatic heterocycles. The molecule has 0 atom stereocenters. The van der Waals surface area contributed by atoms with Crippen molar-refractivity contribution in [3.8, 4) is 5.75 Å². The molecule has 0 aromatic heterocycles. The van der Waals surface area contributed by atoms with Crippen molar-refractivity contribution in [1.29, 1.82) is 0 Å². The molecule has 0 radical (unpaired) electrons. The van der Waals surface area contributed by atoms with Crippen molar-refractivity contribution in [3.63, 3.8) is 0 Å². The second-order valence-corrected chi connectivity index (χ2v) is 7.17. The molecule has 0 fully saturated rings. The number of carbonyl (C=O) groups is 1. The quantitative estimate of drug-likeness (QED) is 0.380. The summed E-state index contributed by atoms with van der Waals surface area (Å²) in [5, 5.41) is 14.4. The van der Waals surface area contributed by atoms with Crippen LogP contribution in [0.4, 0.5) is 16.2 Å². The van der Waals surface area contributed by atoms with Crippen LogP contribution in [0.2, 0.25) is 10.0 Å². The van der Waals surface area contributed by atoms with Crippen LogP contribution in [0, 0.1) is 11.8 Å². The van der Waals surface area contributed by atoms with Crippen LogP contribution in [0.5, 0.6) is 5.75 Å². The summed E-state index contributed by atoms with van der Waals surface area (Å²) in [6, 6.07) is 17.7. The Hall–Kier alpha value is -3.09. The maximum absolute atomic E-state index is 13.3. The summed E-state index contributed by atoms with van der Waals surface area (Å²) >= 11 is 12.1. The molecule has 3 rings (SSSR count). The van der Waals surface area contributed by atoms with Gasteiger partial charge >= 0.3 is 6.03 Å². The van der Waals surface area contributed by atoms with Gasteiger partial charge in [0.15, 0.2) is 0 Å². The molecule has 0 unspecified atom stereocenters. The van der Waals surface area contributed by atoms with Crippen molar-refractivity contribution in [3.05, 3.63) is 92.8 Å². The molecule has 0 aliphatic carbocycles. The predicted octanol–water partition coefficient (Wildman–Crippen LogP) is 6.32. The third-order valence-corrected chi connectivity index (χ3v) is 4.78. The number of nitroso groups, excluding NO2 is 1. The lowest BCUT2D eigenvalue weighted by Crippen LogP contribution is -2.40. The number of phenols is 1. The topological polar surface area (TPSA) is 73.2 Å². The van der Waals surface area contributed by atoms with Crippen LogP contribution in [-0.4, -0.2) is 11.1 Å². The number of anilines is 2. The minimum atomic E-state index is -0.689. The number of rotatable bonds is 5. The summed E-state index contributed by atoms with van der Waals surface area (Å²) in [4.78, 5) is 26.1. The maximum Gasteiger partial charge on any atom is 0.352 e. The number of nitrogens with zero attached hydrogens (tertiary/aromatic N) is 3. The minimum Gasteiger partial charge on any atom is -0.506 e. The van der Waals surface area contributed by atoms with E-state index in [1.165, 1.54) is 17.0 Å². The van der Waals surface area contributed by atoms with Gasteiger partial charge in [0.1, 0.15) is 5.75 Å². The molecular weight excluding hydrogens is 413 g/mol. The van der Waals surface area contributed by atoms with Crippen LogP contribution in [0.25, 0.3) is 0 Å². The van der Waals surface area contributed by atoms with Crippen molar-refractivity contribution < 1.29 is 9.90 Å². The van der Waals surface area contributed by atoms with Crippen molar-refractivity contribution in [1.82, 2.24) is 0 Å². The fraction of sp³-hybridized carbons (Fsp3) is 0.0952. The largest absolute Gasteiger partial charge is 0.506 e. The van der Waals surface area contributed by atoms with Crippen LogP contribution in [0.1, 0.15) is 11.1 Å². The Kier molecular flexibility index (Phi) is 6.36. The summed E-state index contributed by atoms with van der Waals surface area (Å²) < 4.78 is 0. The first-order valence-electron chi connectivity index (χ1n) is 8.64. The Morgan fingerprint density at radius 3 is 2.28 bits per heavy atom. The van der Waals surface area contributed by atoms with E-state index in [1.54, 1.807) is 42.5 Å². The molecule has 6 nitrogen and oxygen atoms in total. The van der Waals surface area contributed by atoms with E-state index in [-0.39, 0.29) is 17.3 Å². The van der Waals surface area contributed by atoms with E-state index in [0.717, 1.165) is 10.6 Å². The second-order valence-electron chi connectivity index (χ2n) is 6.33. The number of benzene rings is 3. The average molecular weight is 430 g/mol. The zero-order chi connectivity index (χ0) is 21.0. The van der Waals surface area contributed by atoms with Gasteiger partial charge in [-0.2, -0.15) is 0 Å². The van der Waals surface area contributed by atoms with Crippen molar-refractivity contribution in [2.45, 2.75) is 13.5 Å². The molecule has 0 saturated carbocycles. The maximum atomic E-state index is 13.3. The Morgan fingerprint density at radius 2 is 1.66 bits per heavy atom. The van der Waals surface area contributed by atoms with E-state index in [1.807, 2.05) is 19.1 Å². The van der Waals surface area contributed by atoms with Crippen molar-refractivity contribution >= 4 is 40.6 Å². The van der Waals surface area contributed by atoms with Gasteiger partial charge in [-0.15, -0.1) is 9.92 Å². The number of halogens is 2. The first-order valence-corrected chi connectivity index (χ1v) is 9.40. The normalized spacial score (nSPS) is 10.4. The first kappa shape index (κ1) is 20.6. The molecule has 1 N–H and O–H groups in total. The highest BCUT2D eigenvalue weighted by Gasteiger charge is 2.26. The summed E-state index contributed by atoms with van der Waals surface area (Å²) in [6.45, 7) is 1.84. The molecule has 2 amide bonds. The minimum absolute atomic E-state index is 0.0669. The van der Waals surface area contributed by atoms with E-state index in [0.29, 0.717) is 22.0 Å². The van der Waals surface area contributed by atoms with Gasteiger partial charge in [-0.1, -0.05) is 59.1 Å². The number of hydrogen-bond donors (Lipinski definition) is 1. The number of aromatic hydroxyl groups is 1.